The van der Waals surface area contributed by atoms with Gasteiger partial charge in [0, 0.05) is 35.6 Å². The topological polar surface area (TPSA) is 60.5 Å². The monoisotopic (exact) mass is 288 g/mol. The van der Waals surface area contributed by atoms with Crippen LogP contribution < -0.4 is 10.1 Å². The number of aromatic nitrogens is 1. The molecule has 1 aliphatic rings. The number of carbonyl (C=O) groups excluding carboxylic acids is 1. The summed E-state index contributed by atoms with van der Waals surface area (Å²) in [6, 6.07) is 5.96. The highest BCUT2D eigenvalue weighted by molar-refractivity contribution is 5.93. The number of halogens is 1. The van der Waals surface area contributed by atoms with E-state index in [1.54, 1.807) is 24.5 Å². The minimum atomic E-state index is -0.379. The van der Waals surface area contributed by atoms with E-state index < -0.39 is 0 Å². The third-order valence-electron chi connectivity index (χ3n) is 3.13. The van der Waals surface area contributed by atoms with Crippen molar-refractivity contribution in [3.05, 3.63) is 59.2 Å². The molecule has 1 aromatic carbocycles. The smallest absolute Gasteiger partial charge is 0.251 e. The molecule has 0 bridgehead atoms. The highest BCUT2D eigenvalue weighted by Crippen LogP contribution is 2.29. The van der Waals surface area contributed by atoms with Gasteiger partial charge in [-0.3, -0.25) is 9.78 Å². The van der Waals surface area contributed by atoms with Crippen molar-refractivity contribution in [1.82, 2.24) is 10.3 Å². The van der Waals surface area contributed by atoms with Crippen LogP contribution in [0.2, 0.25) is 0 Å². The largest absolute Gasteiger partial charge is 0.467 e. The summed E-state index contributed by atoms with van der Waals surface area (Å²) in [7, 11) is 0. The van der Waals surface area contributed by atoms with Crippen molar-refractivity contribution in [3.63, 3.8) is 0 Å². The molecule has 1 amide bonds. The fourth-order valence-electron chi connectivity index (χ4n) is 2.17. The molecule has 108 valence electrons. The van der Waals surface area contributed by atoms with Gasteiger partial charge in [-0.05, 0) is 24.3 Å². The van der Waals surface area contributed by atoms with Crippen LogP contribution in [0.4, 0.5) is 4.39 Å². The van der Waals surface area contributed by atoms with Gasteiger partial charge >= 0.3 is 0 Å². The number of benzene rings is 1. The molecule has 0 radical (unpaired) electrons. The van der Waals surface area contributed by atoms with Gasteiger partial charge in [-0.25, -0.2) is 4.39 Å². The summed E-state index contributed by atoms with van der Waals surface area (Å²) in [4.78, 5) is 15.8. The van der Waals surface area contributed by atoms with Crippen LogP contribution in [0.5, 0.6) is 5.75 Å². The summed E-state index contributed by atoms with van der Waals surface area (Å²) in [6.07, 6.45) is 3.08. The molecule has 6 heteroatoms. The van der Waals surface area contributed by atoms with Crippen molar-refractivity contribution in [3.8, 4) is 5.75 Å². The lowest BCUT2D eigenvalue weighted by molar-refractivity contribution is -0.0173. The first kappa shape index (κ1) is 13.5. The second kappa shape index (κ2) is 5.88. The number of nitrogens with zero attached hydrogens (tertiary/aromatic N) is 1. The van der Waals surface area contributed by atoms with E-state index in [9.17, 15) is 9.18 Å². The number of pyridine rings is 1. The summed E-state index contributed by atoms with van der Waals surface area (Å²) in [5.74, 6) is -0.0452. The zero-order valence-corrected chi connectivity index (χ0v) is 11.1. The molecule has 0 spiro atoms. The van der Waals surface area contributed by atoms with Gasteiger partial charge in [-0.1, -0.05) is 0 Å². The highest BCUT2D eigenvalue weighted by Gasteiger charge is 2.17. The Labute approximate surface area is 120 Å². The van der Waals surface area contributed by atoms with Crippen molar-refractivity contribution in [2.24, 2.45) is 0 Å². The lowest BCUT2D eigenvalue weighted by Crippen LogP contribution is -2.24. The molecule has 3 rings (SSSR count). The minimum Gasteiger partial charge on any atom is -0.467 e. The van der Waals surface area contributed by atoms with E-state index in [-0.39, 0.29) is 25.1 Å². The molecule has 2 aromatic rings. The second-order valence-electron chi connectivity index (χ2n) is 4.58. The Kier molecular flexibility index (Phi) is 3.79. The first-order valence-electron chi connectivity index (χ1n) is 6.44. The molecule has 0 atom stereocenters. The van der Waals surface area contributed by atoms with E-state index in [1.807, 2.05) is 0 Å². The maximum absolute atomic E-state index is 13.6. The Morgan fingerprint density at radius 2 is 2.14 bits per heavy atom. The maximum Gasteiger partial charge on any atom is 0.251 e. The highest BCUT2D eigenvalue weighted by atomic mass is 19.1. The summed E-state index contributed by atoms with van der Waals surface area (Å²) in [5, 5.41) is 2.74. The average molecular weight is 288 g/mol. The number of hydrogen-bond acceptors (Lipinski definition) is 4. The molecule has 0 aliphatic carbocycles. The van der Waals surface area contributed by atoms with Gasteiger partial charge in [-0.15, -0.1) is 0 Å². The van der Waals surface area contributed by atoms with E-state index in [0.717, 1.165) is 0 Å². The summed E-state index contributed by atoms with van der Waals surface area (Å²) < 4.78 is 24.1. The van der Waals surface area contributed by atoms with E-state index in [2.05, 4.69) is 10.3 Å². The Morgan fingerprint density at radius 1 is 1.33 bits per heavy atom. The lowest BCUT2D eigenvalue weighted by Gasteiger charge is -2.21. The minimum absolute atomic E-state index is 0.129. The van der Waals surface area contributed by atoms with Crippen molar-refractivity contribution in [1.29, 1.82) is 0 Å². The van der Waals surface area contributed by atoms with Gasteiger partial charge < -0.3 is 14.8 Å². The van der Waals surface area contributed by atoms with Crippen molar-refractivity contribution < 1.29 is 18.7 Å². The average Bonchev–Trinajstić information content (AvgIpc) is 2.53. The molecule has 5 nitrogen and oxygen atoms in total. The number of carbonyl (C=O) groups is 1. The predicted octanol–water partition coefficient (Wildman–Crippen LogP) is 2.02. The molecule has 21 heavy (non-hydrogen) atoms. The van der Waals surface area contributed by atoms with Crippen molar-refractivity contribution in [2.75, 3.05) is 6.79 Å². The van der Waals surface area contributed by atoms with Gasteiger partial charge in [0.05, 0.1) is 6.61 Å². The number of nitrogens with one attached hydrogen (secondary N) is 1. The van der Waals surface area contributed by atoms with Crippen LogP contribution in [-0.2, 0) is 17.9 Å². The van der Waals surface area contributed by atoms with Gasteiger partial charge in [0.1, 0.15) is 11.6 Å². The fourth-order valence-corrected chi connectivity index (χ4v) is 2.17. The molecule has 1 aliphatic heterocycles. The van der Waals surface area contributed by atoms with E-state index in [0.29, 0.717) is 29.0 Å². The third-order valence-corrected chi connectivity index (χ3v) is 3.13. The van der Waals surface area contributed by atoms with Gasteiger partial charge in [0.25, 0.3) is 5.91 Å². The number of fused-ring (bicyclic) bond motifs is 1. The van der Waals surface area contributed by atoms with Crippen LogP contribution in [0, 0.1) is 5.82 Å². The van der Waals surface area contributed by atoms with E-state index >= 15 is 0 Å². The molecule has 0 unspecified atom stereocenters. The van der Waals surface area contributed by atoms with Crippen molar-refractivity contribution in [2.45, 2.75) is 13.2 Å². The SMILES string of the molecule is O=C(NCc1cc(F)cc2c1OCOC2)c1ccncc1. The van der Waals surface area contributed by atoms with Crippen LogP contribution in [0.15, 0.2) is 36.7 Å². The molecule has 1 aromatic heterocycles. The van der Waals surface area contributed by atoms with Crippen molar-refractivity contribution >= 4 is 5.91 Å². The first-order chi connectivity index (χ1) is 10.2. The van der Waals surface area contributed by atoms with Gasteiger partial charge in [0.15, 0.2) is 6.79 Å². The number of amides is 1. The summed E-state index contributed by atoms with van der Waals surface area (Å²) >= 11 is 0. The van der Waals surface area contributed by atoms with Crippen LogP contribution in [0.25, 0.3) is 0 Å². The zero-order chi connectivity index (χ0) is 14.7. The summed E-state index contributed by atoms with van der Waals surface area (Å²) in [5.41, 5.74) is 1.74. The molecule has 0 saturated heterocycles. The van der Waals surface area contributed by atoms with E-state index in [1.165, 1.54) is 12.1 Å². The molecule has 2 heterocycles. The lowest BCUT2D eigenvalue weighted by atomic mass is 10.1. The third kappa shape index (κ3) is 3.00. The first-order valence-corrected chi connectivity index (χ1v) is 6.44. The Morgan fingerprint density at radius 3 is 2.95 bits per heavy atom. The second-order valence-corrected chi connectivity index (χ2v) is 4.58. The predicted molar refractivity (Wildman–Crippen MR) is 72.1 cm³/mol. The van der Waals surface area contributed by atoms with Gasteiger partial charge in [0.2, 0.25) is 0 Å². The molecular formula is C15H13FN2O3. The molecule has 0 saturated carbocycles. The molecule has 1 N–H and O–H groups in total. The number of hydrogen-bond donors (Lipinski definition) is 1. The van der Waals surface area contributed by atoms with Crippen LogP contribution in [-0.4, -0.2) is 17.7 Å². The van der Waals surface area contributed by atoms with Crippen LogP contribution in [0.3, 0.4) is 0 Å². The van der Waals surface area contributed by atoms with Gasteiger partial charge in [-0.2, -0.15) is 0 Å². The summed E-state index contributed by atoms with van der Waals surface area (Å²) in [6.45, 7) is 0.615. The molecule has 0 fully saturated rings. The number of ether oxygens (including phenoxy) is 2. The van der Waals surface area contributed by atoms with Crippen LogP contribution in [0.1, 0.15) is 21.5 Å². The Balaban J connectivity index is 1.76. The number of rotatable bonds is 3. The standard InChI is InChI=1S/C15H13FN2O3/c16-13-5-11(14-12(6-13)8-20-9-21-14)7-18-15(19)10-1-3-17-4-2-10/h1-6H,7-9H2,(H,18,19). The molecular weight excluding hydrogens is 275 g/mol. The zero-order valence-electron chi connectivity index (χ0n) is 11.1. The quantitative estimate of drug-likeness (QED) is 0.938. The van der Waals surface area contributed by atoms with E-state index in [4.69, 9.17) is 9.47 Å². The normalized spacial score (nSPS) is 13.2. The Bertz CT molecular complexity index is 661. The Hall–Kier alpha value is -2.47. The maximum atomic E-state index is 13.6. The fraction of sp³-hybridized carbons (Fsp3) is 0.200. The van der Waals surface area contributed by atoms with Crippen LogP contribution >= 0.6 is 0 Å².